The molecule has 5 heteroatoms. The highest BCUT2D eigenvalue weighted by molar-refractivity contribution is 5.85. The Kier molecular flexibility index (Phi) is 2.68. The van der Waals surface area contributed by atoms with E-state index in [-0.39, 0.29) is 5.75 Å². The molecule has 4 nitrogen and oxygen atoms in total. The molecule has 2 rings (SSSR count). The number of rotatable bonds is 3. The molecule has 0 saturated carbocycles. The molecular weight excluding hydrogens is 211 g/mol. The van der Waals surface area contributed by atoms with Gasteiger partial charge in [-0.2, -0.15) is 5.10 Å². The molecule has 82 valence electrons. The Hall–Kier alpha value is -2.17. The number of nitrogens with one attached hydrogen (secondary N) is 1. The minimum atomic E-state index is -0.480. The molecule has 0 fully saturated rings. The van der Waals surface area contributed by atoms with Gasteiger partial charge in [0.15, 0.2) is 17.9 Å². The van der Waals surface area contributed by atoms with Gasteiger partial charge in [0.05, 0.1) is 24.6 Å². The highest BCUT2D eigenvalue weighted by Gasteiger charge is 2.10. The fourth-order valence-corrected chi connectivity index (χ4v) is 1.44. The highest BCUT2D eigenvalue weighted by Crippen LogP contribution is 2.25. The van der Waals surface area contributed by atoms with Crippen LogP contribution in [0.5, 0.6) is 5.75 Å². The van der Waals surface area contributed by atoms with Crippen molar-refractivity contribution in [2.75, 3.05) is 7.11 Å². The number of aldehydes is 1. The van der Waals surface area contributed by atoms with Gasteiger partial charge in [-0.1, -0.05) is 0 Å². The summed E-state index contributed by atoms with van der Waals surface area (Å²) in [4.78, 5) is 10.7. The van der Waals surface area contributed by atoms with Crippen LogP contribution in [0, 0.1) is 5.82 Å². The van der Waals surface area contributed by atoms with Crippen molar-refractivity contribution < 1.29 is 13.9 Å². The summed E-state index contributed by atoms with van der Waals surface area (Å²) >= 11 is 0. The SMILES string of the molecule is COc1ccc(-c2[nH]ncc2C=O)cc1F. The van der Waals surface area contributed by atoms with Crippen molar-refractivity contribution in [3.05, 3.63) is 35.8 Å². The number of halogens is 1. The summed E-state index contributed by atoms with van der Waals surface area (Å²) in [6, 6.07) is 4.45. The van der Waals surface area contributed by atoms with Crippen molar-refractivity contribution in [1.29, 1.82) is 0 Å². The number of carbonyl (C=O) groups is 1. The molecule has 0 unspecified atom stereocenters. The van der Waals surface area contributed by atoms with Crippen LogP contribution in [0.3, 0.4) is 0 Å². The lowest BCUT2D eigenvalue weighted by molar-refractivity contribution is 0.112. The summed E-state index contributed by atoms with van der Waals surface area (Å²) in [5, 5.41) is 6.38. The summed E-state index contributed by atoms with van der Waals surface area (Å²) in [6.45, 7) is 0. The number of ether oxygens (including phenoxy) is 1. The van der Waals surface area contributed by atoms with Gasteiger partial charge in [0.1, 0.15) is 0 Å². The Morgan fingerprint density at radius 3 is 2.94 bits per heavy atom. The summed E-state index contributed by atoms with van der Waals surface area (Å²) in [5.41, 5.74) is 1.44. The zero-order valence-electron chi connectivity index (χ0n) is 8.53. The van der Waals surface area contributed by atoms with Gasteiger partial charge in [-0.25, -0.2) is 4.39 Å². The lowest BCUT2D eigenvalue weighted by atomic mass is 10.1. The fourth-order valence-electron chi connectivity index (χ4n) is 1.44. The summed E-state index contributed by atoms with van der Waals surface area (Å²) in [5.74, 6) is -0.317. The second kappa shape index (κ2) is 4.14. The summed E-state index contributed by atoms with van der Waals surface area (Å²) in [6.07, 6.45) is 2.06. The van der Waals surface area contributed by atoms with Gasteiger partial charge in [0, 0.05) is 5.56 Å². The van der Waals surface area contributed by atoms with Crippen LogP contribution < -0.4 is 4.74 Å². The quantitative estimate of drug-likeness (QED) is 0.805. The molecule has 1 heterocycles. The zero-order valence-corrected chi connectivity index (χ0v) is 8.53. The first kappa shape index (κ1) is 10.4. The Morgan fingerprint density at radius 2 is 2.31 bits per heavy atom. The number of benzene rings is 1. The molecule has 0 spiro atoms. The van der Waals surface area contributed by atoms with Crippen LogP contribution in [0.1, 0.15) is 10.4 Å². The minimum absolute atomic E-state index is 0.163. The number of hydrogen-bond donors (Lipinski definition) is 1. The lowest BCUT2D eigenvalue weighted by Gasteiger charge is -2.04. The maximum Gasteiger partial charge on any atom is 0.165 e. The fraction of sp³-hybridized carbons (Fsp3) is 0.0909. The molecule has 0 aliphatic heterocycles. The van der Waals surface area contributed by atoms with Gasteiger partial charge in [-0.05, 0) is 18.2 Å². The third-order valence-electron chi connectivity index (χ3n) is 2.24. The number of hydrogen-bond acceptors (Lipinski definition) is 3. The predicted molar refractivity (Wildman–Crippen MR) is 55.9 cm³/mol. The van der Waals surface area contributed by atoms with Crippen molar-refractivity contribution in [1.82, 2.24) is 10.2 Å². The van der Waals surface area contributed by atoms with Crippen molar-refractivity contribution in [2.24, 2.45) is 0 Å². The van der Waals surface area contributed by atoms with Crippen LogP contribution in [-0.2, 0) is 0 Å². The van der Waals surface area contributed by atoms with Crippen LogP contribution in [0.4, 0.5) is 4.39 Å². The van der Waals surface area contributed by atoms with Gasteiger partial charge in [0.25, 0.3) is 0 Å². The second-order valence-corrected chi connectivity index (χ2v) is 3.17. The van der Waals surface area contributed by atoms with Crippen LogP contribution in [0.15, 0.2) is 24.4 Å². The van der Waals surface area contributed by atoms with E-state index in [1.807, 2.05) is 0 Å². The smallest absolute Gasteiger partial charge is 0.165 e. The third-order valence-corrected chi connectivity index (χ3v) is 2.24. The van der Waals surface area contributed by atoms with Crippen molar-refractivity contribution in [3.8, 4) is 17.0 Å². The Morgan fingerprint density at radius 1 is 1.50 bits per heavy atom. The standard InChI is InChI=1S/C11H9FN2O2/c1-16-10-3-2-7(4-9(10)12)11-8(6-15)5-13-14-11/h2-6H,1H3,(H,13,14). The number of aromatic nitrogens is 2. The first-order chi connectivity index (χ1) is 7.76. The lowest BCUT2D eigenvalue weighted by Crippen LogP contribution is -1.90. The molecule has 0 radical (unpaired) electrons. The van der Waals surface area contributed by atoms with Gasteiger partial charge in [0.2, 0.25) is 0 Å². The van der Waals surface area contributed by atoms with E-state index in [1.165, 1.54) is 25.4 Å². The monoisotopic (exact) mass is 220 g/mol. The first-order valence-electron chi connectivity index (χ1n) is 4.58. The molecule has 2 aromatic rings. The number of carbonyl (C=O) groups excluding carboxylic acids is 1. The van der Waals surface area contributed by atoms with E-state index in [9.17, 15) is 9.18 Å². The Balaban J connectivity index is 2.49. The van der Waals surface area contributed by atoms with Crippen molar-refractivity contribution in [3.63, 3.8) is 0 Å². The van der Waals surface area contributed by atoms with Gasteiger partial charge < -0.3 is 4.74 Å². The highest BCUT2D eigenvalue weighted by atomic mass is 19.1. The molecule has 0 aliphatic carbocycles. The number of methoxy groups -OCH3 is 1. The van der Waals surface area contributed by atoms with Crippen molar-refractivity contribution in [2.45, 2.75) is 0 Å². The molecule has 16 heavy (non-hydrogen) atoms. The molecule has 0 amide bonds. The molecule has 1 aromatic carbocycles. The molecule has 1 N–H and O–H groups in total. The van der Waals surface area contributed by atoms with E-state index in [1.54, 1.807) is 6.07 Å². The number of nitrogens with zero attached hydrogens (tertiary/aromatic N) is 1. The van der Waals surface area contributed by atoms with Crippen LogP contribution in [0.25, 0.3) is 11.3 Å². The van der Waals surface area contributed by atoms with Crippen LogP contribution in [-0.4, -0.2) is 23.6 Å². The molecule has 0 saturated heterocycles. The number of aromatic amines is 1. The maximum atomic E-state index is 13.4. The largest absolute Gasteiger partial charge is 0.494 e. The Bertz CT molecular complexity index is 522. The van der Waals surface area contributed by atoms with Gasteiger partial charge in [-0.3, -0.25) is 9.89 Å². The van der Waals surface area contributed by atoms with Crippen LogP contribution in [0.2, 0.25) is 0 Å². The molecule has 0 bridgehead atoms. The van der Waals surface area contributed by atoms with Gasteiger partial charge >= 0.3 is 0 Å². The zero-order chi connectivity index (χ0) is 11.5. The van der Waals surface area contributed by atoms with E-state index < -0.39 is 5.82 Å². The average Bonchev–Trinajstić information content (AvgIpc) is 2.77. The molecular formula is C11H9FN2O2. The minimum Gasteiger partial charge on any atom is -0.494 e. The molecule has 0 atom stereocenters. The van der Waals surface area contributed by atoms with Crippen molar-refractivity contribution >= 4 is 6.29 Å². The topological polar surface area (TPSA) is 55.0 Å². The van der Waals surface area contributed by atoms with Crippen LogP contribution >= 0.6 is 0 Å². The predicted octanol–water partition coefficient (Wildman–Crippen LogP) is 2.04. The van der Waals surface area contributed by atoms with E-state index in [2.05, 4.69) is 10.2 Å². The first-order valence-corrected chi connectivity index (χ1v) is 4.58. The second-order valence-electron chi connectivity index (χ2n) is 3.17. The van der Waals surface area contributed by atoms with E-state index in [0.717, 1.165) is 0 Å². The van der Waals surface area contributed by atoms with E-state index in [4.69, 9.17) is 4.74 Å². The van der Waals surface area contributed by atoms with E-state index in [0.29, 0.717) is 23.1 Å². The molecule has 0 aliphatic rings. The normalized spacial score (nSPS) is 10.1. The number of H-pyrrole nitrogens is 1. The maximum absolute atomic E-state index is 13.4. The van der Waals surface area contributed by atoms with Gasteiger partial charge in [-0.15, -0.1) is 0 Å². The Labute approximate surface area is 91.1 Å². The third kappa shape index (κ3) is 1.67. The average molecular weight is 220 g/mol. The van der Waals surface area contributed by atoms with E-state index >= 15 is 0 Å². The summed E-state index contributed by atoms with van der Waals surface area (Å²) < 4.78 is 18.2. The molecule has 1 aromatic heterocycles. The summed E-state index contributed by atoms with van der Waals surface area (Å²) in [7, 11) is 1.39.